The van der Waals surface area contributed by atoms with E-state index in [4.69, 9.17) is 9.15 Å². The van der Waals surface area contributed by atoms with Crippen LogP contribution in [0.2, 0.25) is 0 Å². The Kier molecular flexibility index (Phi) is 4.50. The lowest BCUT2D eigenvalue weighted by Crippen LogP contribution is -2.28. The second kappa shape index (κ2) is 6.93. The second-order valence-corrected chi connectivity index (χ2v) is 6.97. The van der Waals surface area contributed by atoms with Crippen LogP contribution >= 0.6 is 0 Å². The van der Waals surface area contributed by atoms with Crippen molar-refractivity contribution in [1.82, 2.24) is 4.90 Å². The van der Waals surface area contributed by atoms with E-state index >= 15 is 0 Å². The van der Waals surface area contributed by atoms with Crippen LogP contribution in [0, 0.1) is 0 Å². The lowest BCUT2D eigenvalue weighted by atomic mass is 10.0. The van der Waals surface area contributed by atoms with Crippen molar-refractivity contribution in [3.63, 3.8) is 0 Å². The maximum Gasteiger partial charge on any atom is 0.134 e. The molecule has 3 nitrogen and oxygen atoms in total. The van der Waals surface area contributed by atoms with Crippen LogP contribution < -0.4 is 4.74 Å². The lowest BCUT2D eigenvalue weighted by Gasteiger charge is -2.19. The molecule has 0 bridgehead atoms. The summed E-state index contributed by atoms with van der Waals surface area (Å²) in [6, 6.07) is 17.5. The molecule has 0 amide bonds. The summed E-state index contributed by atoms with van der Waals surface area (Å²) < 4.78 is 11.3. The molecular weight excluding hydrogens is 310 g/mol. The largest absolute Gasteiger partial charge is 0.497 e. The molecule has 0 unspecified atom stereocenters. The zero-order valence-electron chi connectivity index (χ0n) is 15.0. The number of hydrogen-bond donors (Lipinski definition) is 0. The molecule has 0 N–H and O–H groups in total. The Morgan fingerprint density at radius 2 is 1.88 bits per heavy atom. The SMILES string of the molecule is COc1ccc(-c2ccc3oc(CCN4CCC[C@H]4C)cc3c2)cc1. The molecule has 2 heterocycles. The van der Waals surface area contributed by atoms with E-state index in [1.54, 1.807) is 7.11 Å². The van der Waals surface area contributed by atoms with E-state index in [1.165, 1.54) is 35.9 Å². The first-order valence-electron chi connectivity index (χ1n) is 9.14. The van der Waals surface area contributed by atoms with Crippen LogP contribution in [0.4, 0.5) is 0 Å². The molecule has 0 spiro atoms. The van der Waals surface area contributed by atoms with Crippen LogP contribution in [-0.2, 0) is 6.42 Å². The molecule has 0 radical (unpaired) electrons. The Balaban J connectivity index is 1.52. The third-order valence-corrected chi connectivity index (χ3v) is 5.33. The number of methoxy groups -OCH3 is 1. The minimum absolute atomic E-state index is 0.714. The summed E-state index contributed by atoms with van der Waals surface area (Å²) in [6.07, 6.45) is 3.63. The van der Waals surface area contributed by atoms with Crippen LogP contribution in [0.1, 0.15) is 25.5 Å². The molecule has 1 fully saturated rings. The summed E-state index contributed by atoms with van der Waals surface area (Å²) in [4.78, 5) is 2.57. The van der Waals surface area contributed by atoms with Gasteiger partial charge in [-0.2, -0.15) is 0 Å². The van der Waals surface area contributed by atoms with E-state index in [1.807, 2.05) is 12.1 Å². The van der Waals surface area contributed by atoms with E-state index in [0.29, 0.717) is 6.04 Å². The van der Waals surface area contributed by atoms with Gasteiger partial charge >= 0.3 is 0 Å². The van der Waals surface area contributed by atoms with Crippen molar-refractivity contribution < 1.29 is 9.15 Å². The Morgan fingerprint density at radius 3 is 2.60 bits per heavy atom. The third kappa shape index (κ3) is 3.42. The Hall–Kier alpha value is -2.26. The predicted molar refractivity (Wildman–Crippen MR) is 102 cm³/mol. The molecule has 1 aliphatic rings. The highest BCUT2D eigenvalue weighted by atomic mass is 16.5. The molecule has 3 aromatic rings. The zero-order chi connectivity index (χ0) is 17.2. The van der Waals surface area contributed by atoms with Gasteiger partial charge in [0.1, 0.15) is 17.1 Å². The normalized spacial score (nSPS) is 18.1. The Morgan fingerprint density at radius 1 is 1.08 bits per heavy atom. The highest BCUT2D eigenvalue weighted by Gasteiger charge is 2.20. The Bertz CT molecular complexity index is 850. The fraction of sp³-hybridized carbons (Fsp3) is 0.364. The summed E-state index contributed by atoms with van der Waals surface area (Å²) >= 11 is 0. The summed E-state index contributed by atoms with van der Waals surface area (Å²) in [7, 11) is 1.69. The maximum absolute atomic E-state index is 6.04. The van der Waals surface area contributed by atoms with E-state index in [2.05, 4.69) is 48.2 Å². The van der Waals surface area contributed by atoms with Crippen molar-refractivity contribution in [2.75, 3.05) is 20.2 Å². The number of nitrogens with zero attached hydrogens (tertiary/aromatic N) is 1. The third-order valence-electron chi connectivity index (χ3n) is 5.33. The van der Waals surface area contributed by atoms with Gasteiger partial charge in [-0.15, -0.1) is 0 Å². The second-order valence-electron chi connectivity index (χ2n) is 6.97. The van der Waals surface area contributed by atoms with Gasteiger partial charge in [-0.3, -0.25) is 0 Å². The van der Waals surface area contributed by atoms with Crippen molar-refractivity contribution in [2.24, 2.45) is 0 Å². The van der Waals surface area contributed by atoms with Gasteiger partial charge in [0.15, 0.2) is 0 Å². The van der Waals surface area contributed by atoms with Crippen LogP contribution in [0.25, 0.3) is 22.1 Å². The van der Waals surface area contributed by atoms with E-state index in [0.717, 1.165) is 30.1 Å². The summed E-state index contributed by atoms with van der Waals surface area (Å²) in [5.74, 6) is 1.97. The van der Waals surface area contributed by atoms with Gasteiger partial charge in [0, 0.05) is 24.4 Å². The molecule has 0 saturated carbocycles. The number of benzene rings is 2. The van der Waals surface area contributed by atoms with Crippen LogP contribution in [-0.4, -0.2) is 31.1 Å². The highest BCUT2D eigenvalue weighted by Crippen LogP contribution is 2.28. The quantitative estimate of drug-likeness (QED) is 0.646. The molecule has 1 aliphatic heterocycles. The molecule has 0 aliphatic carbocycles. The summed E-state index contributed by atoms with van der Waals surface area (Å²) in [5, 5.41) is 1.18. The van der Waals surface area contributed by atoms with Crippen LogP contribution in [0.15, 0.2) is 52.9 Å². The maximum atomic E-state index is 6.04. The highest BCUT2D eigenvalue weighted by molar-refractivity contribution is 5.84. The van der Waals surface area contributed by atoms with Crippen molar-refractivity contribution in [1.29, 1.82) is 0 Å². The van der Waals surface area contributed by atoms with Gasteiger partial charge in [0.25, 0.3) is 0 Å². The number of furan rings is 1. The van der Waals surface area contributed by atoms with Crippen molar-refractivity contribution >= 4 is 11.0 Å². The van der Waals surface area contributed by atoms with Crippen molar-refractivity contribution in [3.05, 3.63) is 54.3 Å². The van der Waals surface area contributed by atoms with Gasteiger partial charge in [-0.1, -0.05) is 18.2 Å². The van der Waals surface area contributed by atoms with Gasteiger partial charge in [0.2, 0.25) is 0 Å². The molecular formula is C22H25NO2. The van der Waals surface area contributed by atoms with Gasteiger partial charge in [-0.05, 0) is 67.8 Å². The molecule has 1 aromatic heterocycles. The van der Waals surface area contributed by atoms with E-state index < -0.39 is 0 Å². The number of rotatable bonds is 5. The van der Waals surface area contributed by atoms with Gasteiger partial charge < -0.3 is 14.1 Å². The average molecular weight is 335 g/mol. The Labute approximate surface area is 149 Å². The van der Waals surface area contributed by atoms with Crippen molar-refractivity contribution in [2.45, 2.75) is 32.2 Å². The van der Waals surface area contributed by atoms with Crippen molar-refractivity contribution in [3.8, 4) is 16.9 Å². The van der Waals surface area contributed by atoms with Crippen LogP contribution in [0.5, 0.6) is 5.75 Å². The zero-order valence-corrected chi connectivity index (χ0v) is 15.0. The molecule has 25 heavy (non-hydrogen) atoms. The predicted octanol–water partition coefficient (Wildman–Crippen LogP) is 5.14. The minimum atomic E-state index is 0.714. The first kappa shape index (κ1) is 16.2. The van der Waals surface area contributed by atoms with Crippen LogP contribution in [0.3, 0.4) is 0 Å². The summed E-state index contributed by atoms with van der Waals surface area (Å²) in [5.41, 5.74) is 3.37. The molecule has 4 rings (SSSR count). The van der Waals surface area contributed by atoms with E-state index in [-0.39, 0.29) is 0 Å². The van der Waals surface area contributed by atoms with Gasteiger partial charge in [0.05, 0.1) is 7.11 Å². The fourth-order valence-electron chi connectivity index (χ4n) is 3.76. The average Bonchev–Trinajstić information content (AvgIpc) is 3.24. The monoisotopic (exact) mass is 335 g/mol. The summed E-state index contributed by atoms with van der Waals surface area (Å²) in [6.45, 7) is 4.64. The molecule has 2 aromatic carbocycles. The first-order valence-corrected chi connectivity index (χ1v) is 9.14. The first-order chi connectivity index (χ1) is 12.2. The standard InChI is InChI=1S/C22H25NO2/c1-16-4-3-12-23(16)13-11-21-15-19-14-18(7-10-22(19)25-21)17-5-8-20(24-2)9-6-17/h5-10,14-16H,3-4,11-13H2,1-2H3/t16-/m1/s1. The fourth-order valence-corrected chi connectivity index (χ4v) is 3.76. The molecule has 1 atom stereocenters. The molecule has 130 valence electrons. The number of hydrogen-bond acceptors (Lipinski definition) is 3. The van der Waals surface area contributed by atoms with E-state index in [9.17, 15) is 0 Å². The smallest absolute Gasteiger partial charge is 0.134 e. The number of ether oxygens (including phenoxy) is 1. The minimum Gasteiger partial charge on any atom is -0.497 e. The molecule has 1 saturated heterocycles. The molecule has 3 heteroatoms. The topological polar surface area (TPSA) is 25.6 Å². The van der Waals surface area contributed by atoms with Gasteiger partial charge in [-0.25, -0.2) is 0 Å². The number of fused-ring (bicyclic) bond motifs is 1. The number of likely N-dealkylation sites (tertiary alicyclic amines) is 1. The lowest BCUT2D eigenvalue weighted by molar-refractivity contribution is 0.266.